The smallest absolute Gasteiger partial charge is 0.273 e. The molecule has 4 nitrogen and oxygen atoms in total. The van der Waals surface area contributed by atoms with Crippen molar-refractivity contribution in [2.24, 2.45) is 0 Å². The Kier molecular flexibility index (Phi) is 4.16. The van der Waals surface area contributed by atoms with Gasteiger partial charge in [-0.1, -0.05) is 24.4 Å². The van der Waals surface area contributed by atoms with Crippen molar-refractivity contribution in [2.75, 3.05) is 6.54 Å². The molecule has 0 atom stereocenters. The van der Waals surface area contributed by atoms with Crippen LogP contribution in [0.5, 0.6) is 0 Å². The monoisotopic (exact) mass is 263 g/mol. The predicted octanol–water partition coefficient (Wildman–Crippen LogP) is 2.64. The van der Waals surface area contributed by atoms with Crippen LogP contribution in [0.2, 0.25) is 5.02 Å². The van der Waals surface area contributed by atoms with Gasteiger partial charge in [0.1, 0.15) is 12.2 Å². The van der Waals surface area contributed by atoms with Crippen LogP contribution in [0.3, 0.4) is 0 Å². The second-order valence-electron chi connectivity index (χ2n) is 4.39. The molecule has 1 aromatic heterocycles. The molecule has 0 bridgehead atoms. The van der Waals surface area contributed by atoms with Crippen molar-refractivity contribution in [3.8, 4) is 6.07 Å². The fourth-order valence-corrected chi connectivity index (χ4v) is 2.42. The molecule has 0 radical (unpaired) electrons. The number of rotatable bonds is 3. The Balaban J connectivity index is 2.17. The topological polar surface area (TPSA) is 57.0 Å². The second-order valence-corrected chi connectivity index (χ2v) is 4.83. The minimum absolute atomic E-state index is 0.119. The molecule has 0 unspecified atom stereocenters. The van der Waals surface area contributed by atoms with Gasteiger partial charge in [0, 0.05) is 12.2 Å². The third-order valence-corrected chi connectivity index (χ3v) is 3.44. The van der Waals surface area contributed by atoms with Gasteiger partial charge in [-0.2, -0.15) is 5.26 Å². The van der Waals surface area contributed by atoms with Gasteiger partial charge in [0.15, 0.2) is 0 Å². The van der Waals surface area contributed by atoms with Gasteiger partial charge in [-0.3, -0.25) is 4.79 Å². The third-order valence-electron chi connectivity index (χ3n) is 3.21. The van der Waals surface area contributed by atoms with E-state index in [1.165, 1.54) is 6.20 Å². The SMILES string of the molecule is N#CCN(C(=O)c1ccc(Cl)cn1)C1CCCC1. The second kappa shape index (κ2) is 5.83. The lowest BCUT2D eigenvalue weighted by Crippen LogP contribution is -2.39. The van der Waals surface area contributed by atoms with Gasteiger partial charge in [-0.15, -0.1) is 0 Å². The van der Waals surface area contributed by atoms with Crippen LogP contribution >= 0.6 is 11.6 Å². The molecule has 0 aromatic carbocycles. The molecular formula is C13H14ClN3O. The maximum absolute atomic E-state index is 12.3. The molecule has 0 aliphatic heterocycles. The maximum atomic E-state index is 12.3. The number of hydrogen-bond acceptors (Lipinski definition) is 3. The highest BCUT2D eigenvalue weighted by molar-refractivity contribution is 6.30. The molecule has 0 N–H and O–H groups in total. The van der Waals surface area contributed by atoms with Crippen molar-refractivity contribution < 1.29 is 4.79 Å². The van der Waals surface area contributed by atoms with E-state index in [4.69, 9.17) is 16.9 Å². The van der Waals surface area contributed by atoms with Crippen LogP contribution in [-0.2, 0) is 0 Å². The van der Waals surface area contributed by atoms with Crippen LogP contribution < -0.4 is 0 Å². The highest BCUT2D eigenvalue weighted by atomic mass is 35.5. The Labute approximate surface area is 111 Å². The molecule has 1 aliphatic rings. The largest absolute Gasteiger partial charge is 0.321 e. The van der Waals surface area contributed by atoms with E-state index < -0.39 is 0 Å². The number of carbonyl (C=O) groups is 1. The van der Waals surface area contributed by atoms with Gasteiger partial charge in [0.25, 0.3) is 5.91 Å². The first-order valence-corrected chi connectivity index (χ1v) is 6.39. The first kappa shape index (κ1) is 12.8. The Hall–Kier alpha value is -1.60. The lowest BCUT2D eigenvalue weighted by molar-refractivity contribution is 0.0703. The first-order chi connectivity index (χ1) is 8.72. The minimum atomic E-state index is -0.180. The molecule has 94 valence electrons. The van der Waals surface area contributed by atoms with E-state index in [1.807, 2.05) is 0 Å². The van der Waals surface area contributed by atoms with Crippen molar-refractivity contribution in [3.63, 3.8) is 0 Å². The maximum Gasteiger partial charge on any atom is 0.273 e. The fraction of sp³-hybridized carbons (Fsp3) is 0.462. The Bertz CT molecular complexity index is 460. The van der Waals surface area contributed by atoms with Crippen LogP contribution in [-0.4, -0.2) is 28.4 Å². The molecule has 1 fully saturated rings. The van der Waals surface area contributed by atoms with Crippen molar-refractivity contribution in [1.82, 2.24) is 9.88 Å². The van der Waals surface area contributed by atoms with E-state index in [9.17, 15) is 4.79 Å². The van der Waals surface area contributed by atoms with Crippen LogP contribution in [0.25, 0.3) is 0 Å². The normalized spacial score (nSPS) is 15.3. The van der Waals surface area contributed by atoms with Crippen molar-refractivity contribution in [2.45, 2.75) is 31.7 Å². The number of hydrogen-bond donors (Lipinski definition) is 0. The molecule has 1 aromatic rings. The number of nitrogens with zero attached hydrogens (tertiary/aromatic N) is 3. The molecule has 0 saturated heterocycles. The Morgan fingerprint density at radius 3 is 2.78 bits per heavy atom. The minimum Gasteiger partial charge on any atom is -0.321 e. The third kappa shape index (κ3) is 2.80. The van der Waals surface area contributed by atoms with Gasteiger partial charge in [-0.05, 0) is 25.0 Å². The summed E-state index contributed by atoms with van der Waals surface area (Å²) in [4.78, 5) is 18.0. The molecule has 1 amide bonds. The number of halogens is 1. The quantitative estimate of drug-likeness (QED) is 0.788. The zero-order valence-electron chi connectivity index (χ0n) is 9.97. The lowest BCUT2D eigenvalue weighted by Gasteiger charge is -2.26. The van der Waals surface area contributed by atoms with Gasteiger partial charge >= 0.3 is 0 Å². The zero-order chi connectivity index (χ0) is 13.0. The summed E-state index contributed by atoms with van der Waals surface area (Å²) in [6, 6.07) is 5.47. The molecule has 1 heterocycles. The van der Waals surface area contributed by atoms with Gasteiger partial charge in [0.05, 0.1) is 11.1 Å². The zero-order valence-corrected chi connectivity index (χ0v) is 10.7. The first-order valence-electron chi connectivity index (χ1n) is 6.02. The number of carbonyl (C=O) groups excluding carboxylic acids is 1. The van der Waals surface area contributed by atoms with E-state index in [0.29, 0.717) is 10.7 Å². The fourth-order valence-electron chi connectivity index (χ4n) is 2.31. The number of nitriles is 1. The van der Waals surface area contributed by atoms with Crippen LogP contribution in [0, 0.1) is 11.3 Å². The molecule has 1 saturated carbocycles. The van der Waals surface area contributed by atoms with E-state index in [-0.39, 0.29) is 18.5 Å². The Morgan fingerprint density at radius 2 is 2.22 bits per heavy atom. The summed E-state index contributed by atoms with van der Waals surface area (Å²) >= 11 is 5.74. The average Bonchev–Trinajstić information content (AvgIpc) is 2.90. The summed E-state index contributed by atoms with van der Waals surface area (Å²) in [5.41, 5.74) is 0.349. The molecular weight excluding hydrogens is 250 g/mol. The molecule has 1 aliphatic carbocycles. The predicted molar refractivity (Wildman–Crippen MR) is 68.2 cm³/mol. The van der Waals surface area contributed by atoms with E-state index in [1.54, 1.807) is 17.0 Å². The number of amides is 1. The van der Waals surface area contributed by atoms with Gasteiger partial charge in [0.2, 0.25) is 0 Å². The summed E-state index contributed by atoms with van der Waals surface area (Å²) in [6.45, 7) is 0.119. The van der Waals surface area contributed by atoms with E-state index >= 15 is 0 Å². The van der Waals surface area contributed by atoms with Crippen LogP contribution in [0.15, 0.2) is 18.3 Å². The summed E-state index contributed by atoms with van der Waals surface area (Å²) < 4.78 is 0. The molecule has 0 spiro atoms. The van der Waals surface area contributed by atoms with Gasteiger partial charge in [-0.25, -0.2) is 4.98 Å². The number of pyridine rings is 1. The summed E-state index contributed by atoms with van der Waals surface area (Å²) in [6.07, 6.45) is 5.64. The standard InChI is InChI=1S/C13H14ClN3O/c14-10-5-6-12(16-9-10)13(18)17(8-7-15)11-3-1-2-4-11/h5-6,9,11H,1-4,8H2. The number of aromatic nitrogens is 1. The van der Waals surface area contributed by atoms with Crippen LogP contribution in [0.1, 0.15) is 36.2 Å². The molecule has 2 rings (SSSR count). The van der Waals surface area contributed by atoms with Crippen LogP contribution in [0.4, 0.5) is 0 Å². The summed E-state index contributed by atoms with van der Waals surface area (Å²) in [5, 5.41) is 9.35. The average molecular weight is 264 g/mol. The van der Waals surface area contributed by atoms with Gasteiger partial charge < -0.3 is 4.90 Å². The molecule has 18 heavy (non-hydrogen) atoms. The highest BCUT2D eigenvalue weighted by Crippen LogP contribution is 2.24. The van der Waals surface area contributed by atoms with Crippen molar-refractivity contribution in [1.29, 1.82) is 5.26 Å². The lowest BCUT2D eigenvalue weighted by atomic mass is 10.2. The van der Waals surface area contributed by atoms with Crippen molar-refractivity contribution >= 4 is 17.5 Å². The highest BCUT2D eigenvalue weighted by Gasteiger charge is 2.27. The van der Waals surface area contributed by atoms with E-state index in [2.05, 4.69) is 11.1 Å². The van der Waals surface area contributed by atoms with E-state index in [0.717, 1.165) is 25.7 Å². The Morgan fingerprint density at radius 1 is 1.50 bits per heavy atom. The van der Waals surface area contributed by atoms with Crippen molar-refractivity contribution in [3.05, 3.63) is 29.0 Å². The molecule has 5 heteroatoms. The summed E-state index contributed by atoms with van der Waals surface area (Å²) in [5.74, 6) is -0.180. The summed E-state index contributed by atoms with van der Waals surface area (Å²) in [7, 11) is 0.